The molecule has 0 aromatic carbocycles. The van der Waals surface area contributed by atoms with Gasteiger partial charge in [-0.25, -0.2) is 0 Å². The van der Waals surface area contributed by atoms with Crippen LogP contribution in [-0.4, -0.2) is 6.29 Å². The summed E-state index contributed by atoms with van der Waals surface area (Å²) in [5, 5.41) is 0. The maximum Gasteiger partial charge on any atom is 0.122 e. The molecular formula is C13H24O. The van der Waals surface area contributed by atoms with Gasteiger partial charge in [-0.3, -0.25) is 0 Å². The summed E-state index contributed by atoms with van der Waals surface area (Å²) in [6.45, 7) is 6.71. The molecule has 1 rings (SSSR count). The van der Waals surface area contributed by atoms with E-state index in [0.717, 1.165) is 30.5 Å². The first-order chi connectivity index (χ1) is 6.63. The highest BCUT2D eigenvalue weighted by Crippen LogP contribution is 2.36. The third kappa shape index (κ3) is 3.43. The van der Waals surface area contributed by atoms with Gasteiger partial charge in [0.1, 0.15) is 6.29 Å². The summed E-state index contributed by atoms with van der Waals surface area (Å²) in [6.07, 6.45) is 7.71. The molecule has 3 atom stereocenters. The lowest BCUT2D eigenvalue weighted by Crippen LogP contribution is -2.21. The van der Waals surface area contributed by atoms with Crippen LogP contribution in [0.3, 0.4) is 0 Å². The van der Waals surface area contributed by atoms with Crippen molar-refractivity contribution in [2.24, 2.45) is 23.7 Å². The number of hydrogen-bond acceptors (Lipinski definition) is 1. The Morgan fingerprint density at radius 2 is 2.00 bits per heavy atom. The predicted octanol–water partition coefficient (Wildman–Crippen LogP) is 3.67. The lowest BCUT2D eigenvalue weighted by atomic mass is 9.74. The Labute approximate surface area is 88.3 Å². The second-order valence-electron chi connectivity index (χ2n) is 5.39. The Balaban J connectivity index is 2.36. The molecule has 82 valence electrons. The SMILES string of the molecule is CC(C=O)CC1CCCC(C(C)C)C1. The van der Waals surface area contributed by atoms with Gasteiger partial charge in [-0.05, 0) is 30.6 Å². The van der Waals surface area contributed by atoms with Crippen molar-refractivity contribution in [1.29, 1.82) is 0 Å². The molecule has 0 spiro atoms. The van der Waals surface area contributed by atoms with E-state index in [2.05, 4.69) is 13.8 Å². The van der Waals surface area contributed by atoms with Gasteiger partial charge in [-0.15, -0.1) is 0 Å². The summed E-state index contributed by atoms with van der Waals surface area (Å²) in [5.41, 5.74) is 0. The Kier molecular flexibility index (Phi) is 4.64. The van der Waals surface area contributed by atoms with E-state index in [1.54, 1.807) is 0 Å². The molecule has 14 heavy (non-hydrogen) atoms. The standard InChI is InChI=1S/C13H24O/c1-10(2)13-6-4-5-12(8-13)7-11(3)9-14/h9-13H,4-8H2,1-3H3. The highest BCUT2D eigenvalue weighted by molar-refractivity contribution is 5.52. The average Bonchev–Trinajstić information content (AvgIpc) is 2.18. The van der Waals surface area contributed by atoms with E-state index in [1.807, 2.05) is 6.92 Å². The van der Waals surface area contributed by atoms with Crippen molar-refractivity contribution >= 4 is 6.29 Å². The third-order valence-electron chi connectivity index (χ3n) is 3.70. The number of hydrogen-bond donors (Lipinski definition) is 0. The summed E-state index contributed by atoms with van der Waals surface area (Å²) >= 11 is 0. The fraction of sp³-hybridized carbons (Fsp3) is 0.923. The summed E-state index contributed by atoms with van der Waals surface area (Å²) in [6, 6.07) is 0. The predicted molar refractivity (Wildman–Crippen MR) is 60.1 cm³/mol. The zero-order chi connectivity index (χ0) is 10.6. The van der Waals surface area contributed by atoms with Crippen molar-refractivity contribution < 1.29 is 4.79 Å². The van der Waals surface area contributed by atoms with Gasteiger partial charge in [0.25, 0.3) is 0 Å². The topological polar surface area (TPSA) is 17.1 Å². The number of rotatable bonds is 4. The van der Waals surface area contributed by atoms with E-state index >= 15 is 0 Å². The fourth-order valence-corrected chi connectivity index (χ4v) is 2.73. The lowest BCUT2D eigenvalue weighted by molar-refractivity contribution is -0.111. The van der Waals surface area contributed by atoms with Crippen LogP contribution in [-0.2, 0) is 4.79 Å². The third-order valence-corrected chi connectivity index (χ3v) is 3.70. The summed E-state index contributed by atoms with van der Waals surface area (Å²) in [4.78, 5) is 10.6. The number of carbonyl (C=O) groups is 1. The van der Waals surface area contributed by atoms with Gasteiger partial charge in [-0.2, -0.15) is 0 Å². The van der Waals surface area contributed by atoms with Crippen LogP contribution in [0, 0.1) is 23.7 Å². The first-order valence-electron chi connectivity index (χ1n) is 6.08. The van der Waals surface area contributed by atoms with Gasteiger partial charge in [0, 0.05) is 5.92 Å². The second kappa shape index (κ2) is 5.53. The molecule has 0 heterocycles. The van der Waals surface area contributed by atoms with Crippen molar-refractivity contribution in [3.63, 3.8) is 0 Å². The molecule has 0 amide bonds. The van der Waals surface area contributed by atoms with Crippen molar-refractivity contribution in [1.82, 2.24) is 0 Å². The van der Waals surface area contributed by atoms with E-state index in [0.29, 0.717) is 0 Å². The van der Waals surface area contributed by atoms with Crippen LogP contribution < -0.4 is 0 Å². The zero-order valence-corrected chi connectivity index (χ0v) is 9.83. The molecule has 0 aromatic heterocycles. The Hall–Kier alpha value is -0.330. The van der Waals surface area contributed by atoms with Crippen molar-refractivity contribution in [3.8, 4) is 0 Å². The van der Waals surface area contributed by atoms with Crippen LogP contribution in [0.2, 0.25) is 0 Å². The van der Waals surface area contributed by atoms with Gasteiger partial charge in [0.15, 0.2) is 0 Å². The molecule has 0 bridgehead atoms. The average molecular weight is 196 g/mol. The van der Waals surface area contributed by atoms with E-state index < -0.39 is 0 Å². The zero-order valence-electron chi connectivity index (χ0n) is 9.83. The quantitative estimate of drug-likeness (QED) is 0.627. The Bertz CT molecular complexity index is 174. The number of aldehydes is 1. The summed E-state index contributed by atoms with van der Waals surface area (Å²) < 4.78 is 0. The Morgan fingerprint density at radius 1 is 1.29 bits per heavy atom. The fourth-order valence-electron chi connectivity index (χ4n) is 2.73. The normalized spacial score (nSPS) is 30.3. The van der Waals surface area contributed by atoms with Gasteiger partial charge in [0.2, 0.25) is 0 Å². The molecule has 0 N–H and O–H groups in total. The molecule has 1 heteroatoms. The van der Waals surface area contributed by atoms with Crippen LogP contribution >= 0.6 is 0 Å². The molecular weight excluding hydrogens is 172 g/mol. The van der Waals surface area contributed by atoms with Gasteiger partial charge in [0.05, 0.1) is 0 Å². The summed E-state index contributed by atoms with van der Waals surface area (Å²) in [5.74, 6) is 2.82. The molecule has 0 radical (unpaired) electrons. The van der Waals surface area contributed by atoms with E-state index in [4.69, 9.17) is 0 Å². The minimum atomic E-state index is 0.269. The van der Waals surface area contributed by atoms with E-state index in [1.165, 1.54) is 25.7 Å². The highest BCUT2D eigenvalue weighted by Gasteiger charge is 2.24. The van der Waals surface area contributed by atoms with Crippen molar-refractivity contribution in [2.45, 2.75) is 52.9 Å². The first-order valence-corrected chi connectivity index (χ1v) is 6.08. The van der Waals surface area contributed by atoms with Crippen molar-refractivity contribution in [2.75, 3.05) is 0 Å². The molecule has 0 aromatic rings. The van der Waals surface area contributed by atoms with Crippen LogP contribution in [0.5, 0.6) is 0 Å². The Morgan fingerprint density at radius 3 is 2.57 bits per heavy atom. The van der Waals surface area contributed by atoms with Gasteiger partial charge >= 0.3 is 0 Å². The minimum Gasteiger partial charge on any atom is -0.303 e. The highest BCUT2D eigenvalue weighted by atomic mass is 16.1. The van der Waals surface area contributed by atoms with Crippen LogP contribution in [0.4, 0.5) is 0 Å². The largest absolute Gasteiger partial charge is 0.303 e. The molecule has 1 nitrogen and oxygen atoms in total. The van der Waals surface area contributed by atoms with Crippen LogP contribution in [0.15, 0.2) is 0 Å². The monoisotopic (exact) mass is 196 g/mol. The molecule has 0 saturated heterocycles. The van der Waals surface area contributed by atoms with Crippen LogP contribution in [0.1, 0.15) is 52.9 Å². The number of carbonyl (C=O) groups excluding carboxylic acids is 1. The van der Waals surface area contributed by atoms with Gasteiger partial charge < -0.3 is 4.79 Å². The van der Waals surface area contributed by atoms with E-state index in [-0.39, 0.29) is 5.92 Å². The minimum absolute atomic E-state index is 0.269. The maximum atomic E-state index is 10.6. The van der Waals surface area contributed by atoms with Gasteiger partial charge in [-0.1, -0.05) is 40.0 Å². The van der Waals surface area contributed by atoms with Crippen molar-refractivity contribution in [3.05, 3.63) is 0 Å². The molecule has 1 aliphatic carbocycles. The smallest absolute Gasteiger partial charge is 0.122 e. The first kappa shape index (κ1) is 11.7. The second-order valence-corrected chi connectivity index (χ2v) is 5.39. The molecule has 0 aliphatic heterocycles. The van der Waals surface area contributed by atoms with E-state index in [9.17, 15) is 4.79 Å². The maximum absolute atomic E-state index is 10.6. The molecule has 1 aliphatic rings. The summed E-state index contributed by atoms with van der Waals surface area (Å²) in [7, 11) is 0. The molecule has 1 saturated carbocycles. The molecule has 3 unspecified atom stereocenters. The lowest BCUT2D eigenvalue weighted by Gasteiger charge is -2.32. The molecule has 1 fully saturated rings. The van der Waals surface area contributed by atoms with Crippen LogP contribution in [0.25, 0.3) is 0 Å².